The van der Waals surface area contributed by atoms with Gasteiger partial charge in [-0.1, -0.05) is 16.4 Å². The van der Waals surface area contributed by atoms with Gasteiger partial charge in [-0.2, -0.15) is 0 Å². The Balaban J connectivity index is 1.36. The lowest BCUT2D eigenvalue weighted by Crippen LogP contribution is -2.63. The van der Waals surface area contributed by atoms with Crippen molar-refractivity contribution >= 4 is 40.1 Å². The topological polar surface area (TPSA) is 170 Å². The number of nitrogen functional groups attached to an aromatic ring is 1. The largest absolute Gasteiger partial charge is 0.380 e. The Morgan fingerprint density at radius 3 is 2.97 bits per heavy atom. The molecule has 12 nitrogen and oxygen atoms in total. The van der Waals surface area contributed by atoms with E-state index >= 15 is 0 Å². The number of morpholine rings is 1. The Labute approximate surface area is 192 Å². The van der Waals surface area contributed by atoms with Gasteiger partial charge in [0.05, 0.1) is 36.0 Å². The van der Waals surface area contributed by atoms with Gasteiger partial charge >= 0.3 is 0 Å². The predicted molar refractivity (Wildman–Crippen MR) is 120 cm³/mol. The summed E-state index contributed by atoms with van der Waals surface area (Å²) in [6.07, 6.45) is 1.14. The number of anilines is 3. The first-order chi connectivity index (χ1) is 16.4. The second kappa shape index (κ2) is 8.24. The first-order valence-electron chi connectivity index (χ1n) is 10.3. The van der Waals surface area contributed by atoms with Gasteiger partial charge in [-0.25, -0.2) is 4.98 Å². The molecule has 1 unspecified atom stereocenters. The lowest BCUT2D eigenvalue weighted by atomic mass is 9.94. The van der Waals surface area contributed by atoms with Crippen LogP contribution in [0.5, 0.6) is 0 Å². The molecule has 2 atom stereocenters. The highest BCUT2D eigenvalue weighted by atomic mass is 16.5. The zero-order valence-corrected chi connectivity index (χ0v) is 18.0. The smallest absolute Gasteiger partial charge is 0.263 e. The van der Waals surface area contributed by atoms with E-state index in [1.54, 1.807) is 30.3 Å². The van der Waals surface area contributed by atoms with Crippen molar-refractivity contribution in [3.8, 4) is 11.3 Å². The predicted octanol–water partition coefficient (Wildman–Crippen LogP) is 1.58. The van der Waals surface area contributed by atoms with Crippen LogP contribution in [0.1, 0.15) is 6.92 Å². The molecule has 1 fully saturated rings. The quantitative estimate of drug-likeness (QED) is 0.394. The zero-order chi connectivity index (χ0) is 23.9. The highest BCUT2D eigenvalue weighted by Crippen LogP contribution is 2.29. The Bertz CT molecular complexity index is 1370. The minimum absolute atomic E-state index is 0.0923. The van der Waals surface area contributed by atoms with Crippen LogP contribution in [-0.4, -0.2) is 57.1 Å². The second-order valence-corrected chi connectivity index (χ2v) is 7.88. The van der Waals surface area contributed by atoms with Crippen LogP contribution < -0.4 is 16.0 Å². The number of nitrogens with one attached hydrogen (secondary N) is 1. The normalized spacial score (nSPS) is 19.4. The van der Waals surface area contributed by atoms with Gasteiger partial charge in [0.25, 0.3) is 11.8 Å². The van der Waals surface area contributed by atoms with E-state index in [-0.39, 0.29) is 19.0 Å². The fourth-order valence-electron chi connectivity index (χ4n) is 3.76. The van der Waals surface area contributed by atoms with Gasteiger partial charge in [0, 0.05) is 11.8 Å². The number of aromatic nitrogens is 3. The number of hydrogen-bond acceptors (Lipinski definition) is 10. The number of benzene rings is 1. The van der Waals surface area contributed by atoms with E-state index in [0.717, 1.165) is 0 Å². The third-order valence-electron chi connectivity index (χ3n) is 5.66. The van der Waals surface area contributed by atoms with Crippen molar-refractivity contribution in [2.75, 3.05) is 29.1 Å². The first kappa shape index (κ1) is 21.6. The molecule has 1 saturated heterocycles. The van der Waals surface area contributed by atoms with Crippen LogP contribution in [0, 0.1) is 0 Å². The number of aliphatic hydroxyl groups excluding tert-OH is 1. The number of nitrogens with zero attached hydrogens (tertiary/aromatic N) is 4. The molecule has 1 aromatic carbocycles. The Hall–Kier alpha value is -4.29. The van der Waals surface area contributed by atoms with Crippen molar-refractivity contribution < 1.29 is 28.5 Å². The number of nitrogens with two attached hydrogens (primary N) is 1. The van der Waals surface area contributed by atoms with Crippen molar-refractivity contribution in [1.82, 2.24) is 15.3 Å². The maximum atomic E-state index is 13.4. The maximum absolute atomic E-state index is 13.4. The number of carbonyl (C=O) groups excluding carboxylic acids is 2. The minimum Gasteiger partial charge on any atom is -0.380 e. The number of ether oxygens (including phenoxy) is 1. The zero-order valence-electron chi connectivity index (χ0n) is 18.0. The summed E-state index contributed by atoms with van der Waals surface area (Å²) in [5.41, 5.74) is 5.77. The van der Waals surface area contributed by atoms with E-state index < -0.39 is 23.5 Å². The molecule has 0 radical (unpaired) electrons. The summed E-state index contributed by atoms with van der Waals surface area (Å²) in [5, 5.41) is 21.3. The lowest BCUT2D eigenvalue weighted by Gasteiger charge is -2.40. The van der Waals surface area contributed by atoms with Crippen molar-refractivity contribution in [1.29, 1.82) is 0 Å². The summed E-state index contributed by atoms with van der Waals surface area (Å²) >= 11 is 0. The molecule has 0 aliphatic carbocycles. The Morgan fingerprint density at radius 2 is 2.18 bits per heavy atom. The molecule has 5 rings (SSSR count). The first-order valence-corrected chi connectivity index (χ1v) is 10.3. The fourth-order valence-corrected chi connectivity index (χ4v) is 3.76. The Kier molecular flexibility index (Phi) is 5.23. The van der Waals surface area contributed by atoms with Gasteiger partial charge in [0.1, 0.15) is 12.1 Å². The molecule has 0 saturated carbocycles. The van der Waals surface area contributed by atoms with Crippen LogP contribution in [0.2, 0.25) is 0 Å². The van der Waals surface area contributed by atoms with Crippen molar-refractivity contribution in [3.63, 3.8) is 0 Å². The van der Waals surface area contributed by atoms with Crippen LogP contribution in [0.4, 0.5) is 17.3 Å². The molecule has 12 heteroatoms. The van der Waals surface area contributed by atoms with Gasteiger partial charge in [-0.3, -0.25) is 14.5 Å². The van der Waals surface area contributed by atoms with E-state index in [2.05, 4.69) is 20.6 Å². The number of carbonyl (C=O) groups is 2. The Morgan fingerprint density at radius 1 is 1.32 bits per heavy atom. The highest BCUT2D eigenvalue weighted by molar-refractivity contribution is 6.06. The molecular weight excluding hydrogens is 444 g/mol. The second-order valence-electron chi connectivity index (χ2n) is 7.88. The molecule has 0 bridgehead atoms. The average Bonchev–Trinajstić information content (AvgIpc) is 3.51. The van der Waals surface area contributed by atoms with E-state index in [0.29, 0.717) is 33.7 Å². The number of pyridine rings is 1. The number of aliphatic hydroxyl groups is 1. The molecule has 34 heavy (non-hydrogen) atoms. The molecular formula is C22H20N6O6. The highest BCUT2D eigenvalue weighted by Gasteiger charge is 2.50. The minimum atomic E-state index is -1.84. The van der Waals surface area contributed by atoms with Crippen LogP contribution in [-0.2, 0) is 14.3 Å². The van der Waals surface area contributed by atoms with Crippen molar-refractivity contribution in [2.45, 2.75) is 18.6 Å². The van der Waals surface area contributed by atoms with Gasteiger partial charge in [0.15, 0.2) is 23.1 Å². The molecule has 2 amide bonds. The van der Waals surface area contributed by atoms with Crippen LogP contribution in [0.3, 0.4) is 0 Å². The summed E-state index contributed by atoms with van der Waals surface area (Å²) in [6, 6.07) is 9.87. The molecule has 4 N–H and O–H groups in total. The molecule has 0 spiro atoms. The standard InChI is InChI=1S/C22H20N6O6/c1-22(18(29)20(30)25-13-5-6-14-16(9-13)34-27-19(14)23)21(31)28(7-8-32-22)17-4-2-3-15(26-17)12-10-24-33-11-12/h2-6,9-11,18,29H,7-8H2,1H3,(H2,23,27)(H,25,30)/t18?,22-/m1/s1. The number of hydrogen-bond donors (Lipinski definition) is 3. The van der Waals surface area contributed by atoms with Crippen molar-refractivity contribution in [3.05, 3.63) is 48.9 Å². The van der Waals surface area contributed by atoms with Crippen molar-refractivity contribution in [2.24, 2.45) is 0 Å². The SMILES string of the molecule is C[C@]1(C(O)C(=O)Nc2ccc3c(N)noc3c2)OCCN(c2cccc(-c3cnoc3)n2)C1=O. The van der Waals surface area contributed by atoms with Crippen LogP contribution in [0.25, 0.3) is 22.2 Å². The van der Waals surface area contributed by atoms with Gasteiger partial charge < -0.3 is 29.9 Å². The van der Waals surface area contributed by atoms with E-state index in [1.165, 1.54) is 30.4 Å². The summed E-state index contributed by atoms with van der Waals surface area (Å²) in [4.78, 5) is 32.1. The summed E-state index contributed by atoms with van der Waals surface area (Å²) < 4.78 is 15.6. The summed E-state index contributed by atoms with van der Waals surface area (Å²) in [6.45, 7) is 1.66. The molecule has 4 aromatic rings. The fraction of sp³-hybridized carbons (Fsp3) is 0.227. The lowest BCUT2D eigenvalue weighted by molar-refractivity contribution is -0.170. The van der Waals surface area contributed by atoms with E-state index in [4.69, 9.17) is 19.5 Å². The molecule has 1 aliphatic heterocycles. The maximum Gasteiger partial charge on any atom is 0.263 e. The number of fused-ring (bicyclic) bond motifs is 1. The average molecular weight is 464 g/mol. The molecule has 3 aromatic heterocycles. The molecule has 1 aliphatic rings. The van der Waals surface area contributed by atoms with E-state index in [1.807, 2.05) is 0 Å². The number of amides is 2. The monoisotopic (exact) mass is 464 g/mol. The van der Waals surface area contributed by atoms with Gasteiger partial charge in [-0.15, -0.1) is 0 Å². The molecule has 174 valence electrons. The van der Waals surface area contributed by atoms with Gasteiger partial charge in [0.2, 0.25) is 0 Å². The van der Waals surface area contributed by atoms with Crippen LogP contribution in [0.15, 0.2) is 57.9 Å². The third kappa shape index (κ3) is 3.64. The number of rotatable bonds is 5. The van der Waals surface area contributed by atoms with E-state index in [9.17, 15) is 14.7 Å². The molecule has 4 heterocycles. The van der Waals surface area contributed by atoms with Crippen LogP contribution >= 0.6 is 0 Å². The van der Waals surface area contributed by atoms with Gasteiger partial charge in [-0.05, 0) is 31.2 Å². The third-order valence-corrected chi connectivity index (χ3v) is 5.66. The summed E-state index contributed by atoms with van der Waals surface area (Å²) in [7, 11) is 0. The summed E-state index contributed by atoms with van der Waals surface area (Å²) in [5.74, 6) is -0.854.